The van der Waals surface area contributed by atoms with Crippen LogP contribution in [0.1, 0.15) is 230 Å². The van der Waals surface area contributed by atoms with Crippen LogP contribution in [0.2, 0.25) is 20.1 Å². The first-order valence-electron chi connectivity index (χ1n) is 43.7. The summed E-state index contributed by atoms with van der Waals surface area (Å²) in [4.78, 5) is 72.4. The number of likely N-dealkylation sites (N-methyl/N-ethyl adjacent to an activating group) is 1. The van der Waals surface area contributed by atoms with Crippen LogP contribution in [0.4, 0.5) is 26.3 Å². The van der Waals surface area contributed by atoms with Gasteiger partial charge in [-0.3, -0.25) is 28.9 Å². The zero-order valence-electron chi connectivity index (χ0n) is 70.5. The van der Waals surface area contributed by atoms with Crippen LogP contribution >= 0.6 is 46.4 Å². The number of alkyl halides is 6. The van der Waals surface area contributed by atoms with Crippen LogP contribution < -0.4 is 16.0 Å². The number of Topliss-reactive ketones (excluding diaryl/α,β-unsaturated/α-hetero) is 1. The van der Waals surface area contributed by atoms with E-state index in [1.807, 2.05) is 82.7 Å². The number of aliphatic hydroxyl groups is 1. The van der Waals surface area contributed by atoms with E-state index in [0.717, 1.165) is 148 Å². The number of halogens is 10. The summed E-state index contributed by atoms with van der Waals surface area (Å²) >= 11 is 25.9. The molecule has 4 saturated carbocycles. The minimum absolute atomic E-state index is 0.0379. The third-order valence-electron chi connectivity index (χ3n) is 27.1. The smallest absolute Gasteiger partial charge is 0.262 e. The Kier molecular flexibility index (Phi) is 29.3. The lowest BCUT2D eigenvalue weighted by molar-refractivity contribution is -0.136. The summed E-state index contributed by atoms with van der Waals surface area (Å²) in [5, 5.41) is 24.9. The molecule has 4 amide bonds. The zero-order chi connectivity index (χ0) is 85.6. The van der Waals surface area contributed by atoms with Crippen LogP contribution in [0.5, 0.6) is 0 Å². The van der Waals surface area contributed by atoms with Gasteiger partial charge < -0.3 is 54.0 Å². The van der Waals surface area contributed by atoms with Crippen molar-refractivity contribution in [3.63, 3.8) is 0 Å². The Bertz CT molecular complexity index is 4920. The first-order chi connectivity index (χ1) is 57.0. The van der Waals surface area contributed by atoms with Gasteiger partial charge in [0.25, 0.3) is 23.6 Å². The highest BCUT2D eigenvalue weighted by Gasteiger charge is 2.45. The summed E-state index contributed by atoms with van der Waals surface area (Å²) in [6.45, 7) is 18.9. The lowest BCUT2D eigenvalue weighted by Gasteiger charge is -2.40. The van der Waals surface area contributed by atoms with E-state index in [1.165, 1.54) is 32.6 Å². The molecule has 2 unspecified atom stereocenters. The second-order valence-electron chi connectivity index (χ2n) is 37.1. The Labute approximate surface area is 722 Å². The second-order valence-corrected chi connectivity index (χ2v) is 38.7. The summed E-state index contributed by atoms with van der Waals surface area (Å²) in [6, 6.07) is 22.4. The van der Waals surface area contributed by atoms with Crippen LogP contribution in [-0.2, 0) is 31.0 Å². The highest BCUT2D eigenvalue weighted by Crippen LogP contribution is 2.43. The molecule has 8 fully saturated rings. The molecule has 4 aliphatic heterocycles. The molecule has 654 valence electrons. The molecule has 17 nitrogen and oxygen atoms in total. The Morgan fingerprint density at radius 1 is 0.450 bits per heavy atom. The Balaban J connectivity index is 0.000000138. The fourth-order valence-corrected chi connectivity index (χ4v) is 20.8. The second kappa shape index (κ2) is 38.7. The number of hydrogen-bond donors (Lipinski definition) is 4. The topological polar surface area (TPSA) is 174 Å². The number of fused-ring (bicyclic) bond motifs is 4. The van der Waals surface area contributed by atoms with Crippen LogP contribution in [0.25, 0.3) is 43.6 Å². The molecule has 8 heterocycles. The fraction of sp³-hybridized carbons (Fsp3) is 0.602. The van der Waals surface area contributed by atoms with Gasteiger partial charge in [0.2, 0.25) is 5.91 Å². The number of aromatic nitrogens is 4. The van der Waals surface area contributed by atoms with Crippen LogP contribution in [-0.4, -0.2) is 198 Å². The molecular formula is C93H121Cl4F6N11O6. The molecule has 16 rings (SSSR count). The Morgan fingerprint density at radius 3 is 1.23 bits per heavy atom. The lowest BCUT2D eigenvalue weighted by atomic mass is 9.77. The summed E-state index contributed by atoms with van der Waals surface area (Å²) < 4.78 is 92.3. The third kappa shape index (κ3) is 22.8. The first kappa shape index (κ1) is 90.9. The van der Waals surface area contributed by atoms with E-state index in [1.54, 1.807) is 64.0 Å². The monoisotopic (exact) mass is 1740 g/mol. The van der Waals surface area contributed by atoms with Gasteiger partial charge in [0.05, 0.1) is 77.0 Å². The van der Waals surface area contributed by atoms with Crippen molar-refractivity contribution in [3.8, 4) is 0 Å². The van der Waals surface area contributed by atoms with Gasteiger partial charge in [-0.15, -0.1) is 0 Å². The van der Waals surface area contributed by atoms with Crippen molar-refractivity contribution >= 4 is 119 Å². The van der Waals surface area contributed by atoms with Gasteiger partial charge in [-0.05, 0) is 262 Å². The minimum Gasteiger partial charge on any atom is -0.388 e. The predicted molar refractivity (Wildman–Crippen MR) is 469 cm³/mol. The van der Waals surface area contributed by atoms with Crippen molar-refractivity contribution in [1.82, 2.24) is 53.8 Å². The Hall–Kier alpha value is -6.83. The molecule has 0 spiro atoms. The standard InChI is InChI=1S/C24H30ClFN2O2.C23H29ClF3N3O.C23H31ClFN3O2.C23H31ClFN3O/c1-16(29)28-13-10-18(28)14-27-15-19(23-20(25)4-3-5-21(23)27)22(30)7-6-17-8-11-24(2,26)12-9-17;1-22(25)8-6-15(7-9-22)11-28-21(31)17-13-30(19-5-3-4-18(24)20(17)19)12-16-10-23(26,27)14-29(16)2;1-22(25)8-5-9-23(30,15-22)16-26-21(29)17-14-28(13-12-27-10-2-3-11-27)19-7-4-6-18(24)20(17)19;1-23(25)9-7-17(8-10-23)15-26-22(29)18-16-28(14-13-27-11-2-3-12-27)20-6-4-5-19(24)21(18)20/h3-5,15,17-18H,6-14H2,1-2H3;3-5,13,15-16H,6-12,14H2,1-2H3,(H,28,31);4,6-7,14,30H,2-3,5,8-13,15-16H2,1H3,(H,26,29);4-6,16-17H,2-3,7-15H2,1H3,(H,26,29)/t17?,18-,24?;15?,16-,22?;;/m00../s1. The van der Waals surface area contributed by atoms with Gasteiger partial charge in [-0.2, -0.15) is 0 Å². The molecule has 4 N–H and O–H groups in total. The molecule has 4 aliphatic carbocycles. The average molecular weight is 1740 g/mol. The number of benzene rings is 4. The number of nitrogens with zero attached hydrogens (tertiary/aromatic N) is 8. The van der Waals surface area contributed by atoms with E-state index in [0.29, 0.717) is 150 Å². The molecule has 4 aromatic heterocycles. The largest absolute Gasteiger partial charge is 0.388 e. The maximum atomic E-state index is 14.4. The molecule has 120 heavy (non-hydrogen) atoms. The van der Waals surface area contributed by atoms with E-state index in [-0.39, 0.29) is 73.3 Å². The summed E-state index contributed by atoms with van der Waals surface area (Å²) in [5.74, 6) is -2.10. The number of ketones is 1. The van der Waals surface area contributed by atoms with Gasteiger partial charge in [0.15, 0.2) is 5.78 Å². The molecule has 0 radical (unpaired) electrons. The van der Waals surface area contributed by atoms with Crippen molar-refractivity contribution in [2.24, 2.45) is 17.8 Å². The van der Waals surface area contributed by atoms with Crippen LogP contribution in [0.15, 0.2) is 97.6 Å². The van der Waals surface area contributed by atoms with E-state index >= 15 is 0 Å². The highest BCUT2D eigenvalue weighted by molar-refractivity contribution is 6.38. The number of nitrogens with one attached hydrogen (secondary N) is 3. The number of hydrogen-bond acceptors (Lipinski definition) is 9. The number of carbonyl (C=O) groups excluding carboxylic acids is 5. The molecule has 27 heteroatoms. The first-order valence-corrected chi connectivity index (χ1v) is 45.3. The zero-order valence-corrected chi connectivity index (χ0v) is 73.6. The van der Waals surface area contributed by atoms with Crippen molar-refractivity contribution in [3.05, 3.63) is 140 Å². The summed E-state index contributed by atoms with van der Waals surface area (Å²) in [5.41, 5.74) is 0.0694. The molecule has 4 saturated heterocycles. The summed E-state index contributed by atoms with van der Waals surface area (Å²) in [6.07, 6.45) is 24.3. The van der Waals surface area contributed by atoms with Gasteiger partial charge in [-0.25, -0.2) is 26.3 Å². The van der Waals surface area contributed by atoms with Crippen LogP contribution in [0, 0.1) is 17.8 Å². The maximum Gasteiger partial charge on any atom is 0.262 e. The fourth-order valence-electron chi connectivity index (χ4n) is 19.7. The molecule has 8 aromatic rings. The molecule has 8 aliphatic rings. The average Bonchev–Trinajstić information content (AvgIpc) is 1.62. The minimum atomic E-state index is -2.70. The van der Waals surface area contributed by atoms with Gasteiger partial charge in [0.1, 0.15) is 22.7 Å². The number of amides is 4. The van der Waals surface area contributed by atoms with E-state index in [9.17, 15) is 55.4 Å². The SMILES string of the molecule is CC(=O)N1CC[C@H]1Cn1cc(C(=O)CCC2CCC(C)(F)CC2)c2c(Cl)cccc21.CC1(F)CCC(CNC(=O)c2cn(CCN3CCCC3)c3cccc(Cl)c23)CC1.CC1(F)CCCC(O)(CNC(=O)c2cn(CCN3CCCC3)c3cccc(Cl)c23)C1.CN1CC(F)(F)C[C@H]1Cn1cc(C(=O)NCC2CCC(C)(F)CC2)c2c(Cl)cccc21. The van der Waals surface area contributed by atoms with Crippen molar-refractivity contribution in [1.29, 1.82) is 0 Å². The third-order valence-corrected chi connectivity index (χ3v) is 28.4. The van der Waals surface area contributed by atoms with Crippen LogP contribution in [0.3, 0.4) is 0 Å². The van der Waals surface area contributed by atoms with Gasteiger partial charge >= 0.3 is 0 Å². The van der Waals surface area contributed by atoms with Crippen molar-refractivity contribution < 1.29 is 55.4 Å². The van der Waals surface area contributed by atoms with Crippen molar-refractivity contribution in [2.45, 2.75) is 261 Å². The summed E-state index contributed by atoms with van der Waals surface area (Å²) in [7, 11) is 1.70. The molecular weight excluding hydrogens is 1620 g/mol. The van der Waals surface area contributed by atoms with Gasteiger partial charge in [0, 0.05) is 150 Å². The number of likely N-dealkylation sites (tertiary alicyclic amines) is 4. The van der Waals surface area contributed by atoms with E-state index in [4.69, 9.17) is 46.4 Å². The predicted octanol–water partition coefficient (Wildman–Crippen LogP) is 20.3. The molecule has 4 atom stereocenters. The van der Waals surface area contributed by atoms with Gasteiger partial charge in [-0.1, -0.05) is 70.7 Å². The quantitative estimate of drug-likeness (QED) is 0.0359. The molecule has 0 bridgehead atoms. The Morgan fingerprint density at radius 2 is 0.833 bits per heavy atom. The normalized spacial score (nSPS) is 27.2. The van der Waals surface area contributed by atoms with Crippen molar-refractivity contribution in [2.75, 3.05) is 79.0 Å². The highest BCUT2D eigenvalue weighted by atomic mass is 35.5. The maximum absolute atomic E-state index is 14.4. The van der Waals surface area contributed by atoms with E-state index < -0.39 is 34.2 Å². The number of carbonyl (C=O) groups is 5. The number of rotatable bonds is 23. The lowest BCUT2D eigenvalue weighted by Crippen LogP contribution is -2.52. The van der Waals surface area contributed by atoms with E-state index in [2.05, 4.69) is 39.5 Å². The molecule has 4 aromatic carbocycles.